The van der Waals surface area contributed by atoms with Gasteiger partial charge in [0.25, 0.3) is 0 Å². The van der Waals surface area contributed by atoms with Crippen molar-refractivity contribution < 1.29 is 13.6 Å². The first-order valence-corrected chi connectivity index (χ1v) is 4.97. The minimum atomic E-state index is -0.772. The van der Waals surface area contributed by atoms with Crippen LogP contribution < -0.4 is 11.1 Å². The van der Waals surface area contributed by atoms with Gasteiger partial charge in [-0.05, 0) is 25.0 Å². The van der Waals surface area contributed by atoms with Gasteiger partial charge in [0.05, 0.1) is 0 Å². The molecule has 16 heavy (non-hydrogen) atoms. The second-order valence-electron chi connectivity index (χ2n) is 3.56. The lowest BCUT2D eigenvalue weighted by Gasteiger charge is -2.16. The van der Waals surface area contributed by atoms with Crippen molar-refractivity contribution in [1.29, 1.82) is 0 Å². The number of carbonyl (C=O) groups excluding carboxylic acids is 1. The summed E-state index contributed by atoms with van der Waals surface area (Å²) in [5.74, 6) is -2.06. The number of nitrogens with two attached hydrogens (primary N) is 1. The number of amides is 1. The summed E-state index contributed by atoms with van der Waals surface area (Å²) in [5, 5.41) is 2.48. The van der Waals surface area contributed by atoms with Crippen LogP contribution in [-0.4, -0.2) is 11.9 Å². The molecule has 3 N–H and O–H groups in total. The smallest absolute Gasteiger partial charge is 0.239 e. The Morgan fingerprint density at radius 2 is 2.12 bits per heavy atom. The standard InChI is InChI=1S/C11H14F2N2O/c1-3-8(11(14)16)15-10-7(12)5-4-6(2)9(10)13/h4-5,8,15H,3H2,1-2H3,(H2,14,16). The highest BCUT2D eigenvalue weighted by atomic mass is 19.1. The summed E-state index contributed by atoms with van der Waals surface area (Å²) in [6.45, 7) is 3.22. The van der Waals surface area contributed by atoms with E-state index in [0.717, 1.165) is 6.07 Å². The van der Waals surface area contributed by atoms with Crippen molar-refractivity contribution in [2.24, 2.45) is 5.73 Å². The van der Waals surface area contributed by atoms with Crippen molar-refractivity contribution in [2.75, 3.05) is 5.32 Å². The molecule has 0 fully saturated rings. The Bertz CT molecular complexity index is 407. The zero-order chi connectivity index (χ0) is 12.3. The van der Waals surface area contributed by atoms with E-state index in [1.54, 1.807) is 6.92 Å². The fourth-order valence-corrected chi connectivity index (χ4v) is 1.34. The predicted octanol–water partition coefficient (Wildman–Crippen LogP) is 1.95. The summed E-state index contributed by atoms with van der Waals surface area (Å²) in [5.41, 5.74) is 5.10. The first-order chi connectivity index (χ1) is 7.47. The van der Waals surface area contributed by atoms with Crippen molar-refractivity contribution >= 4 is 11.6 Å². The quantitative estimate of drug-likeness (QED) is 0.827. The SMILES string of the molecule is CCC(Nc1c(F)ccc(C)c1F)C(N)=O. The van der Waals surface area contributed by atoms with E-state index in [1.807, 2.05) is 0 Å². The number of carbonyl (C=O) groups is 1. The number of halogens is 2. The molecule has 1 unspecified atom stereocenters. The minimum Gasteiger partial charge on any atom is -0.369 e. The van der Waals surface area contributed by atoms with Gasteiger partial charge in [-0.3, -0.25) is 4.79 Å². The van der Waals surface area contributed by atoms with E-state index in [0.29, 0.717) is 12.0 Å². The summed E-state index contributed by atoms with van der Waals surface area (Å²) < 4.78 is 26.9. The molecule has 0 aliphatic carbocycles. The Balaban J connectivity index is 3.04. The van der Waals surface area contributed by atoms with E-state index in [2.05, 4.69) is 5.32 Å². The lowest BCUT2D eigenvalue weighted by molar-refractivity contribution is -0.118. The van der Waals surface area contributed by atoms with Crippen LogP contribution in [0, 0.1) is 18.6 Å². The van der Waals surface area contributed by atoms with Crippen LogP contribution >= 0.6 is 0 Å². The van der Waals surface area contributed by atoms with Crippen molar-refractivity contribution in [1.82, 2.24) is 0 Å². The number of anilines is 1. The molecule has 0 radical (unpaired) electrons. The van der Waals surface area contributed by atoms with Crippen LogP contribution in [0.3, 0.4) is 0 Å². The lowest BCUT2D eigenvalue weighted by atomic mass is 10.1. The maximum Gasteiger partial charge on any atom is 0.239 e. The monoisotopic (exact) mass is 228 g/mol. The fraction of sp³-hybridized carbons (Fsp3) is 0.364. The van der Waals surface area contributed by atoms with Crippen LogP contribution in [0.1, 0.15) is 18.9 Å². The summed E-state index contributed by atoms with van der Waals surface area (Å²) in [6.07, 6.45) is 0.363. The van der Waals surface area contributed by atoms with Crippen molar-refractivity contribution in [3.8, 4) is 0 Å². The van der Waals surface area contributed by atoms with E-state index < -0.39 is 23.6 Å². The molecular weight excluding hydrogens is 214 g/mol. The Hall–Kier alpha value is -1.65. The summed E-state index contributed by atoms with van der Waals surface area (Å²) in [4.78, 5) is 11.0. The second kappa shape index (κ2) is 4.92. The van der Waals surface area contributed by atoms with Gasteiger partial charge < -0.3 is 11.1 Å². The van der Waals surface area contributed by atoms with Gasteiger partial charge >= 0.3 is 0 Å². The van der Waals surface area contributed by atoms with Crippen LogP contribution in [0.5, 0.6) is 0 Å². The molecule has 1 atom stereocenters. The third-order valence-corrected chi connectivity index (χ3v) is 2.35. The first kappa shape index (κ1) is 12.4. The fourth-order valence-electron chi connectivity index (χ4n) is 1.34. The lowest BCUT2D eigenvalue weighted by Crippen LogP contribution is -2.35. The Morgan fingerprint density at radius 1 is 1.50 bits per heavy atom. The minimum absolute atomic E-state index is 0.300. The van der Waals surface area contributed by atoms with Crippen LogP contribution in [0.2, 0.25) is 0 Å². The Morgan fingerprint density at radius 3 is 2.62 bits per heavy atom. The molecule has 5 heteroatoms. The molecule has 0 saturated heterocycles. The van der Waals surface area contributed by atoms with Crippen LogP contribution in [0.15, 0.2) is 12.1 Å². The van der Waals surface area contributed by atoms with Gasteiger partial charge in [-0.2, -0.15) is 0 Å². The first-order valence-electron chi connectivity index (χ1n) is 4.97. The number of primary amides is 1. The molecule has 0 saturated carbocycles. The van der Waals surface area contributed by atoms with Crippen LogP contribution in [0.25, 0.3) is 0 Å². The molecule has 0 bridgehead atoms. The molecule has 88 valence electrons. The second-order valence-corrected chi connectivity index (χ2v) is 3.56. The molecule has 0 aliphatic heterocycles. The summed E-state index contributed by atoms with van der Waals surface area (Å²) in [7, 11) is 0. The number of hydrogen-bond acceptors (Lipinski definition) is 2. The number of rotatable bonds is 4. The number of nitrogens with one attached hydrogen (secondary N) is 1. The van der Waals surface area contributed by atoms with E-state index in [1.165, 1.54) is 13.0 Å². The molecule has 3 nitrogen and oxygen atoms in total. The highest BCUT2D eigenvalue weighted by Crippen LogP contribution is 2.22. The molecule has 0 aromatic heterocycles. The summed E-state index contributed by atoms with van der Waals surface area (Å²) in [6, 6.07) is 1.71. The zero-order valence-corrected chi connectivity index (χ0v) is 9.18. The van der Waals surface area contributed by atoms with E-state index >= 15 is 0 Å². The molecule has 0 spiro atoms. The van der Waals surface area contributed by atoms with Gasteiger partial charge in [-0.15, -0.1) is 0 Å². The highest BCUT2D eigenvalue weighted by Gasteiger charge is 2.18. The number of aryl methyl sites for hydroxylation is 1. The third-order valence-electron chi connectivity index (χ3n) is 2.35. The maximum absolute atomic E-state index is 13.6. The largest absolute Gasteiger partial charge is 0.369 e. The number of benzene rings is 1. The molecule has 1 rings (SSSR count). The molecule has 1 amide bonds. The van der Waals surface area contributed by atoms with Gasteiger partial charge in [0, 0.05) is 0 Å². The maximum atomic E-state index is 13.6. The third kappa shape index (κ3) is 2.48. The van der Waals surface area contributed by atoms with Gasteiger partial charge in [-0.1, -0.05) is 13.0 Å². The van der Waals surface area contributed by atoms with E-state index in [-0.39, 0.29) is 5.69 Å². The summed E-state index contributed by atoms with van der Waals surface area (Å²) >= 11 is 0. The average molecular weight is 228 g/mol. The predicted molar refractivity (Wildman–Crippen MR) is 58.0 cm³/mol. The van der Waals surface area contributed by atoms with Gasteiger partial charge in [0.15, 0.2) is 5.82 Å². The van der Waals surface area contributed by atoms with E-state index in [4.69, 9.17) is 5.73 Å². The van der Waals surface area contributed by atoms with Gasteiger partial charge in [0.2, 0.25) is 5.91 Å². The van der Waals surface area contributed by atoms with Crippen molar-refractivity contribution in [3.05, 3.63) is 29.3 Å². The van der Waals surface area contributed by atoms with Gasteiger partial charge in [0.1, 0.15) is 17.5 Å². The van der Waals surface area contributed by atoms with Crippen molar-refractivity contribution in [2.45, 2.75) is 26.3 Å². The van der Waals surface area contributed by atoms with E-state index in [9.17, 15) is 13.6 Å². The highest BCUT2D eigenvalue weighted by molar-refractivity contribution is 5.83. The average Bonchev–Trinajstić information content (AvgIpc) is 2.23. The van der Waals surface area contributed by atoms with Crippen LogP contribution in [-0.2, 0) is 4.79 Å². The normalized spacial score (nSPS) is 12.2. The van der Waals surface area contributed by atoms with Crippen molar-refractivity contribution in [3.63, 3.8) is 0 Å². The molecule has 1 aromatic carbocycles. The molecule has 0 aliphatic rings. The zero-order valence-electron chi connectivity index (χ0n) is 9.18. The molecule has 1 aromatic rings. The number of hydrogen-bond donors (Lipinski definition) is 2. The molecular formula is C11H14F2N2O. The Labute approximate surface area is 92.6 Å². The Kier molecular flexibility index (Phi) is 3.82. The van der Waals surface area contributed by atoms with Gasteiger partial charge in [-0.25, -0.2) is 8.78 Å². The topological polar surface area (TPSA) is 55.1 Å². The van der Waals surface area contributed by atoms with Crippen LogP contribution in [0.4, 0.5) is 14.5 Å². The molecule has 0 heterocycles.